The highest BCUT2D eigenvalue weighted by Gasteiger charge is 2.21. The van der Waals surface area contributed by atoms with E-state index in [9.17, 15) is 24.4 Å². The number of carbonyl (C=O) groups excluding carboxylic acids is 1. The fraction of sp³-hybridized carbons (Fsp3) is 0.364. The molecule has 8 heteroatoms. The normalized spacial score (nSPS) is 11.9. The highest BCUT2D eigenvalue weighted by molar-refractivity contribution is 5.98. The van der Waals surface area contributed by atoms with Crippen LogP contribution in [0.3, 0.4) is 0 Å². The van der Waals surface area contributed by atoms with Crippen LogP contribution in [0.25, 0.3) is 0 Å². The van der Waals surface area contributed by atoms with Gasteiger partial charge in [-0.2, -0.15) is 0 Å². The molecule has 0 saturated carbocycles. The summed E-state index contributed by atoms with van der Waals surface area (Å²) in [6, 6.07) is 2.58. The van der Waals surface area contributed by atoms with E-state index in [1.165, 1.54) is 7.11 Å². The number of rotatable bonds is 6. The quantitative estimate of drug-likeness (QED) is 0.579. The molecule has 0 heterocycles. The van der Waals surface area contributed by atoms with Crippen LogP contribution in [0.2, 0.25) is 0 Å². The second-order valence-corrected chi connectivity index (χ2v) is 3.74. The Hall–Kier alpha value is -2.06. The monoisotopic (exact) mass is 272 g/mol. The number of hydrogen-bond donors (Lipinski definition) is 2. The van der Waals surface area contributed by atoms with Crippen molar-refractivity contribution in [3.8, 4) is 0 Å². The Morgan fingerprint density at radius 1 is 1.63 bits per heavy atom. The van der Waals surface area contributed by atoms with Gasteiger partial charge >= 0.3 is 0 Å². The molecule has 0 aliphatic heterocycles. The zero-order valence-corrected chi connectivity index (χ0v) is 10.1. The van der Waals surface area contributed by atoms with Gasteiger partial charge in [-0.05, 0) is 12.1 Å². The zero-order valence-electron chi connectivity index (χ0n) is 10.1. The van der Waals surface area contributed by atoms with Gasteiger partial charge in [0, 0.05) is 19.7 Å². The Bertz CT molecular complexity index is 480. The minimum Gasteiger partial charge on any atom is -0.389 e. The topological polar surface area (TPSA) is 102 Å². The van der Waals surface area contributed by atoms with Crippen molar-refractivity contribution in [2.45, 2.75) is 6.10 Å². The first-order valence-electron chi connectivity index (χ1n) is 5.35. The van der Waals surface area contributed by atoms with Crippen molar-refractivity contribution in [1.29, 1.82) is 0 Å². The summed E-state index contributed by atoms with van der Waals surface area (Å²) >= 11 is 0. The molecule has 1 aromatic rings. The summed E-state index contributed by atoms with van der Waals surface area (Å²) in [7, 11) is 1.38. The molecule has 0 aromatic heterocycles. The number of amides is 1. The number of methoxy groups -OCH3 is 1. The van der Waals surface area contributed by atoms with Gasteiger partial charge in [0.1, 0.15) is 11.4 Å². The summed E-state index contributed by atoms with van der Waals surface area (Å²) in [6.07, 6.45) is -0.943. The third-order valence-corrected chi connectivity index (χ3v) is 2.26. The molecule has 1 rings (SSSR count). The minimum atomic E-state index is -0.943. The van der Waals surface area contributed by atoms with Crippen molar-refractivity contribution in [2.24, 2.45) is 0 Å². The van der Waals surface area contributed by atoms with Crippen molar-refractivity contribution in [1.82, 2.24) is 5.32 Å². The number of nitrogens with one attached hydrogen (secondary N) is 1. The Morgan fingerprint density at radius 3 is 2.89 bits per heavy atom. The van der Waals surface area contributed by atoms with E-state index >= 15 is 0 Å². The van der Waals surface area contributed by atoms with E-state index in [0.717, 1.165) is 18.2 Å². The van der Waals surface area contributed by atoms with Crippen molar-refractivity contribution in [3.05, 3.63) is 39.7 Å². The summed E-state index contributed by atoms with van der Waals surface area (Å²) in [5, 5.41) is 22.3. The predicted octanol–water partition coefficient (Wildman–Crippen LogP) is 0.471. The number of aliphatic hydroxyl groups is 1. The van der Waals surface area contributed by atoms with Gasteiger partial charge in [-0.25, -0.2) is 4.39 Å². The third kappa shape index (κ3) is 4.27. The Labute approximate surface area is 108 Å². The molecule has 0 aliphatic carbocycles. The van der Waals surface area contributed by atoms with Crippen LogP contribution in [-0.2, 0) is 4.74 Å². The standard InChI is InChI=1S/C11H13FN2O5/c1-19-6-8(15)5-13-11(16)9-4-7(12)2-3-10(9)14(17)18/h2-4,8,15H,5-6H2,1H3,(H,13,16). The summed E-state index contributed by atoms with van der Waals surface area (Å²) in [5.41, 5.74) is -0.894. The summed E-state index contributed by atoms with van der Waals surface area (Å²) < 4.78 is 17.7. The molecule has 19 heavy (non-hydrogen) atoms. The van der Waals surface area contributed by atoms with Crippen LogP contribution in [0.5, 0.6) is 0 Å². The molecule has 1 unspecified atom stereocenters. The lowest BCUT2D eigenvalue weighted by atomic mass is 10.1. The van der Waals surface area contributed by atoms with Gasteiger partial charge in [0.05, 0.1) is 17.6 Å². The number of nitro benzene ring substituents is 1. The van der Waals surface area contributed by atoms with Gasteiger partial charge in [-0.15, -0.1) is 0 Å². The summed E-state index contributed by atoms with van der Waals surface area (Å²) in [5.74, 6) is -1.59. The van der Waals surface area contributed by atoms with Gasteiger partial charge in [0.25, 0.3) is 11.6 Å². The molecule has 0 bridgehead atoms. The number of halogens is 1. The number of carbonyl (C=O) groups is 1. The fourth-order valence-corrected chi connectivity index (χ4v) is 1.41. The molecular weight excluding hydrogens is 259 g/mol. The molecule has 7 nitrogen and oxygen atoms in total. The number of hydrogen-bond acceptors (Lipinski definition) is 5. The lowest BCUT2D eigenvalue weighted by Crippen LogP contribution is -2.34. The van der Waals surface area contributed by atoms with Crippen LogP contribution in [0.1, 0.15) is 10.4 Å². The van der Waals surface area contributed by atoms with Gasteiger partial charge in [0.15, 0.2) is 0 Å². The molecule has 0 fully saturated rings. The number of nitro groups is 1. The maximum atomic E-state index is 13.0. The molecule has 104 valence electrons. The molecular formula is C11H13FN2O5. The molecule has 1 atom stereocenters. The van der Waals surface area contributed by atoms with Crippen LogP contribution in [0.15, 0.2) is 18.2 Å². The van der Waals surface area contributed by atoms with Gasteiger partial charge in [-0.1, -0.05) is 0 Å². The molecule has 0 saturated heterocycles. The second kappa shape index (κ2) is 6.76. The van der Waals surface area contributed by atoms with E-state index in [4.69, 9.17) is 0 Å². The molecule has 1 amide bonds. The molecule has 0 aliphatic rings. The van der Waals surface area contributed by atoms with Crippen LogP contribution in [0.4, 0.5) is 10.1 Å². The second-order valence-electron chi connectivity index (χ2n) is 3.74. The van der Waals surface area contributed by atoms with Gasteiger partial charge in [-0.3, -0.25) is 14.9 Å². The molecule has 2 N–H and O–H groups in total. The van der Waals surface area contributed by atoms with Crippen molar-refractivity contribution >= 4 is 11.6 Å². The van der Waals surface area contributed by atoms with E-state index in [1.54, 1.807) is 0 Å². The molecule has 1 aromatic carbocycles. The average Bonchev–Trinajstić information content (AvgIpc) is 2.35. The first-order chi connectivity index (χ1) is 8.95. The maximum Gasteiger partial charge on any atom is 0.282 e. The zero-order chi connectivity index (χ0) is 14.4. The number of benzene rings is 1. The lowest BCUT2D eigenvalue weighted by Gasteiger charge is -2.10. The van der Waals surface area contributed by atoms with Crippen LogP contribution in [0, 0.1) is 15.9 Å². The summed E-state index contributed by atoms with van der Waals surface area (Å²) in [4.78, 5) is 21.6. The predicted molar refractivity (Wildman–Crippen MR) is 63.3 cm³/mol. The van der Waals surface area contributed by atoms with Crippen molar-refractivity contribution in [3.63, 3.8) is 0 Å². The Morgan fingerprint density at radius 2 is 2.32 bits per heavy atom. The van der Waals surface area contributed by atoms with Gasteiger partial charge in [0.2, 0.25) is 0 Å². The average molecular weight is 272 g/mol. The van der Waals surface area contributed by atoms with Gasteiger partial charge < -0.3 is 15.2 Å². The third-order valence-electron chi connectivity index (χ3n) is 2.26. The maximum absolute atomic E-state index is 13.0. The number of ether oxygens (including phenoxy) is 1. The van der Waals surface area contributed by atoms with Crippen molar-refractivity contribution in [2.75, 3.05) is 20.3 Å². The van der Waals surface area contributed by atoms with E-state index in [0.29, 0.717) is 0 Å². The Kier molecular flexibility index (Phi) is 5.34. The summed E-state index contributed by atoms with van der Waals surface area (Å²) in [6.45, 7) is -0.147. The first-order valence-corrected chi connectivity index (χ1v) is 5.35. The van der Waals surface area contributed by atoms with Crippen LogP contribution < -0.4 is 5.32 Å². The lowest BCUT2D eigenvalue weighted by molar-refractivity contribution is -0.385. The smallest absolute Gasteiger partial charge is 0.282 e. The first kappa shape index (κ1) is 15.0. The Balaban J connectivity index is 2.81. The van der Waals surface area contributed by atoms with Crippen LogP contribution >= 0.6 is 0 Å². The highest BCUT2D eigenvalue weighted by Crippen LogP contribution is 2.19. The van der Waals surface area contributed by atoms with Crippen LogP contribution in [-0.4, -0.2) is 42.3 Å². The minimum absolute atomic E-state index is 0.00548. The highest BCUT2D eigenvalue weighted by atomic mass is 19.1. The molecule has 0 spiro atoms. The van der Waals surface area contributed by atoms with Crippen molar-refractivity contribution < 1.29 is 24.0 Å². The number of nitrogens with zero attached hydrogens (tertiary/aromatic N) is 1. The van der Waals surface area contributed by atoms with E-state index in [-0.39, 0.29) is 13.2 Å². The fourth-order valence-electron chi connectivity index (χ4n) is 1.41. The van der Waals surface area contributed by atoms with E-state index in [1.807, 2.05) is 0 Å². The van der Waals surface area contributed by atoms with E-state index < -0.39 is 34.0 Å². The largest absolute Gasteiger partial charge is 0.389 e. The SMILES string of the molecule is COCC(O)CNC(=O)c1cc(F)ccc1[N+](=O)[O-]. The number of aliphatic hydroxyl groups excluding tert-OH is 1. The van der Waals surface area contributed by atoms with E-state index in [2.05, 4.69) is 10.1 Å². The molecule has 0 radical (unpaired) electrons.